The minimum atomic E-state index is -3.36. The van der Waals surface area contributed by atoms with Crippen LogP contribution in [0.25, 0.3) is 0 Å². The Balaban J connectivity index is 1.56. The minimum Gasteiger partial charge on any atom is -0.467 e. The van der Waals surface area contributed by atoms with Crippen molar-refractivity contribution in [3.63, 3.8) is 0 Å². The van der Waals surface area contributed by atoms with E-state index in [0.717, 1.165) is 29.1 Å². The van der Waals surface area contributed by atoms with E-state index in [1.165, 1.54) is 0 Å². The van der Waals surface area contributed by atoms with Crippen molar-refractivity contribution in [2.45, 2.75) is 18.6 Å². The molecular weight excluding hydrogens is 470 g/mol. The van der Waals surface area contributed by atoms with E-state index in [1.54, 1.807) is 24.6 Å². The molecule has 0 amide bonds. The van der Waals surface area contributed by atoms with E-state index < -0.39 is 10.0 Å². The normalized spacial score (nSPS) is 18.1. The second kappa shape index (κ2) is 8.96. The number of pyridine rings is 1. The van der Waals surface area contributed by atoms with Crippen LogP contribution in [0.4, 0.5) is 11.4 Å². The molecule has 10 heteroatoms. The summed E-state index contributed by atoms with van der Waals surface area (Å²) in [5, 5.41) is 4.01. The molecule has 3 aromatic heterocycles. The fourth-order valence-electron chi connectivity index (χ4n) is 4.25. The van der Waals surface area contributed by atoms with E-state index in [1.807, 2.05) is 59.6 Å². The SMILES string of the molecule is CS(=O)(=O)Nc1ccc(N2C(=S)N[C@@H](c3ccccn3)[C@@H]2c2cccn2Cc2ccco2)cc1. The van der Waals surface area contributed by atoms with Crippen LogP contribution in [-0.2, 0) is 16.6 Å². The molecule has 5 rings (SSSR count). The Morgan fingerprint density at radius 1 is 1.09 bits per heavy atom. The lowest BCUT2D eigenvalue weighted by Crippen LogP contribution is -2.30. The van der Waals surface area contributed by atoms with Crippen LogP contribution >= 0.6 is 12.2 Å². The Bertz CT molecular complexity index is 1380. The van der Waals surface area contributed by atoms with Gasteiger partial charge in [0.1, 0.15) is 11.8 Å². The predicted octanol–water partition coefficient (Wildman–Crippen LogP) is 4.07. The number of nitrogens with zero attached hydrogens (tertiary/aromatic N) is 3. The van der Waals surface area contributed by atoms with Gasteiger partial charge in [-0.05, 0) is 72.9 Å². The van der Waals surface area contributed by atoms with Crippen molar-refractivity contribution < 1.29 is 12.8 Å². The molecule has 0 spiro atoms. The number of benzene rings is 1. The molecule has 8 nitrogen and oxygen atoms in total. The van der Waals surface area contributed by atoms with E-state index in [9.17, 15) is 8.42 Å². The summed E-state index contributed by atoms with van der Waals surface area (Å²) in [5.74, 6) is 0.850. The largest absolute Gasteiger partial charge is 0.467 e. The van der Waals surface area contributed by atoms with Gasteiger partial charge in [0.25, 0.3) is 0 Å². The van der Waals surface area contributed by atoms with E-state index in [4.69, 9.17) is 16.6 Å². The lowest BCUT2D eigenvalue weighted by atomic mass is 10.0. The number of thiocarbonyl (C=S) groups is 1. The van der Waals surface area contributed by atoms with Gasteiger partial charge in [0.05, 0.1) is 30.8 Å². The molecule has 4 aromatic rings. The number of sulfonamides is 1. The summed E-state index contributed by atoms with van der Waals surface area (Å²) in [7, 11) is -3.36. The third kappa shape index (κ3) is 4.55. The Labute approximate surface area is 203 Å². The fraction of sp³-hybridized carbons (Fsp3) is 0.167. The highest BCUT2D eigenvalue weighted by molar-refractivity contribution is 7.92. The molecule has 2 atom stereocenters. The molecule has 4 heterocycles. The van der Waals surface area contributed by atoms with Gasteiger partial charge in [0.2, 0.25) is 10.0 Å². The average Bonchev–Trinajstić information content (AvgIpc) is 3.55. The predicted molar refractivity (Wildman–Crippen MR) is 135 cm³/mol. The molecule has 0 radical (unpaired) electrons. The summed E-state index contributed by atoms with van der Waals surface area (Å²) in [5.41, 5.74) is 3.24. The van der Waals surface area contributed by atoms with Gasteiger partial charge >= 0.3 is 0 Å². The van der Waals surface area contributed by atoms with Crippen molar-refractivity contribution in [1.82, 2.24) is 14.9 Å². The van der Waals surface area contributed by atoms with Crippen LogP contribution in [0.2, 0.25) is 0 Å². The van der Waals surface area contributed by atoms with E-state index >= 15 is 0 Å². The first kappa shape index (κ1) is 22.2. The highest BCUT2D eigenvalue weighted by atomic mass is 32.2. The maximum absolute atomic E-state index is 11.6. The number of nitrogens with one attached hydrogen (secondary N) is 2. The molecule has 0 aliphatic carbocycles. The number of rotatable bonds is 7. The zero-order valence-corrected chi connectivity index (χ0v) is 20.0. The second-order valence-electron chi connectivity index (χ2n) is 8.06. The summed E-state index contributed by atoms with van der Waals surface area (Å²) in [6.07, 6.45) is 6.58. The number of hydrogen-bond acceptors (Lipinski definition) is 5. The van der Waals surface area contributed by atoms with E-state index in [-0.39, 0.29) is 12.1 Å². The molecule has 34 heavy (non-hydrogen) atoms. The Morgan fingerprint density at radius 3 is 2.59 bits per heavy atom. The molecule has 1 saturated heterocycles. The fourth-order valence-corrected chi connectivity index (χ4v) is 5.16. The maximum Gasteiger partial charge on any atom is 0.229 e. The number of anilines is 2. The second-order valence-corrected chi connectivity index (χ2v) is 10.2. The van der Waals surface area contributed by atoms with Crippen molar-refractivity contribution in [1.29, 1.82) is 0 Å². The minimum absolute atomic E-state index is 0.187. The van der Waals surface area contributed by atoms with Gasteiger partial charge in [0, 0.05) is 29.5 Å². The number of hydrogen-bond donors (Lipinski definition) is 2. The van der Waals surface area contributed by atoms with Crippen molar-refractivity contribution in [2.75, 3.05) is 15.9 Å². The smallest absolute Gasteiger partial charge is 0.229 e. The van der Waals surface area contributed by atoms with Gasteiger partial charge in [-0.15, -0.1) is 0 Å². The van der Waals surface area contributed by atoms with E-state index in [2.05, 4.69) is 25.7 Å². The molecule has 0 bridgehead atoms. The molecule has 174 valence electrons. The first-order valence-corrected chi connectivity index (χ1v) is 12.9. The summed E-state index contributed by atoms with van der Waals surface area (Å²) in [6, 6.07) is 20.5. The lowest BCUT2D eigenvalue weighted by molar-refractivity contribution is 0.475. The quantitative estimate of drug-likeness (QED) is 0.375. The molecule has 1 aliphatic rings. The standard InChI is InChI=1S/C24H23N5O3S2/c1-34(30,31)27-17-9-11-18(12-10-17)29-23(22(26-24(29)33)20-7-2-3-13-25-20)21-8-4-14-28(21)16-19-6-5-15-32-19/h2-15,22-23,27H,16H2,1H3,(H,26,33)/t22-,23-/m0/s1. The van der Waals surface area contributed by atoms with Crippen molar-refractivity contribution in [3.05, 3.63) is 103 Å². The highest BCUT2D eigenvalue weighted by Gasteiger charge is 2.42. The zero-order valence-electron chi connectivity index (χ0n) is 18.3. The van der Waals surface area contributed by atoms with Crippen LogP contribution in [0.1, 0.15) is 29.2 Å². The summed E-state index contributed by atoms with van der Waals surface area (Å²) in [6.45, 7) is 0.582. The highest BCUT2D eigenvalue weighted by Crippen LogP contribution is 2.42. The van der Waals surface area contributed by atoms with Gasteiger partial charge < -0.3 is 19.2 Å². The summed E-state index contributed by atoms with van der Waals surface area (Å²) >= 11 is 5.78. The van der Waals surface area contributed by atoms with Gasteiger partial charge in [-0.25, -0.2) is 8.42 Å². The van der Waals surface area contributed by atoms with Crippen molar-refractivity contribution in [2.24, 2.45) is 0 Å². The van der Waals surface area contributed by atoms with Gasteiger partial charge in [-0.1, -0.05) is 6.07 Å². The topological polar surface area (TPSA) is 92.4 Å². The van der Waals surface area contributed by atoms with Crippen LogP contribution in [0.15, 0.2) is 89.8 Å². The van der Waals surface area contributed by atoms with Crippen LogP contribution in [0, 0.1) is 0 Å². The third-order valence-corrected chi connectivity index (χ3v) is 6.54. The maximum atomic E-state index is 11.6. The van der Waals surface area contributed by atoms with Crippen molar-refractivity contribution in [3.8, 4) is 0 Å². The van der Waals surface area contributed by atoms with Gasteiger partial charge in [-0.2, -0.15) is 0 Å². The summed E-state index contributed by atoms with van der Waals surface area (Å²) < 4.78 is 33.4. The Morgan fingerprint density at radius 2 is 1.91 bits per heavy atom. The van der Waals surface area contributed by atoms with Crippen LogP contribution in [0.3, 0.4) is 0 Å². The lowest BCUT2D eigenvalue weighted by Gasteiger charge is -2.29. The molecule has 1 aliphatic heterocycles. The van der Waals surface area contributed by atoms with Gasteiger partial charge in [-0.3, -0.25) is 9.71 Å². The monoisotopic (exact) mass is 493 g/mol. The average molecular weight is 494 g/mol. The van der Waals surface area contributed by atoms with Crippen LogP contribution in [0.5, 0.6) is 0 Å². The Hall–Kier alpha value is -3.63. The molecular formula is C24H23N5O3S2. The third-order valence-electron chi connectivity index (χ3n) is 5.62. The molecule has 1 aromatic carbocycles. The Kier molecular flexibility index (Phi) is 5.84. The van der Waals surface area contributed by atoms with E-state index in [0.29, 0.717) is 17.3 Å². The molecule has 1 fully saturated rings. The zero-order chi connectivity index (χ0) is 23.7. The molecule has 0 unspecified atom stereocenters. The number of aromatic nitrogens is 2. The number of furan rings is 1. The molecule has 2 N–H and O–H groups in total. The van der Waals surface area contributed by atoms with Crippen molar-refractivity contribution >= 4 is 38.7 Å². The van der Waals surface area contributed by atoms with Gasteiger partial charge in [0.15, 0.2) is 5.11 Å². The first-order valence-electron chi connectivity index (χ1n) is 10.6. The van der Waals surface area contributed by atoms with Crippen LogP contribution < -0.4 is 14.9 Å². The van der Waals surface area contributed by atoms with Crippen LogP contribution in [-0.4, -0.2) is 29.3 Å². The summed E-state index contributed by atoms with van der Waals surface area (Å²) in [4.78, 5) is 6.64. The first-order chi connectivity index (χ1) is 16.4. The molecule has 0 saturated carbocycles.